The van der Waals surface area contributed by atoms with Gasteiger partial charge in [-0.15, -0.1) is 0 Å². The van der Waals surface area contributed by atoms with Crippen molar-refractivity contribution in [2.45, 2.75) is 341 Å². The van der Waals surface area contributed by atoms with Gasteiger partial charge in [-0.2, -0.15) is 0 Å². The molecule has 0 saturated carbocycles. The number of esters is 4. The molecule has 0 rings (SSSR count). The standard InChI is InChI=1S/C81H140O17P2/c1-5-9-13-17-21-25-29-33-35-37-39-43-46-50-54-58-62-66-79(84)92-72-77(98-81(86)68-64-60-56-52-48-44-40-38-36-34-30-26-22-18-14-10-6-2)74-96-100(89,90)94-70-75(82)69-93-99(87,88)95-73-76(97-80(85)67-63-59-55-51-47-42-32-28-24-20-16-12-8-4)71-91-78(83)65-61-57-53-49-45-41-31-27-23-19-15-11-7-3/h9-10,13-15,19,21-22,25-27,31,33-36,39,43,75-77,82H,5-8,11-12,16-18,20,23-24,28-30,32,37-38,40-42,44-74H2,1-4H3,(H,87,88)(H,89,90)/b13-9-,14-10-,19-15-,25-21-,26-22-,31-27-,35-33-,36-34-,43-39-. The molecule has 5 unspecified atom stereocenters. The summed E-state index contributed by atoms with van der Waals surface area (Å²) in [5.41, 5.74) is 0. The highest BCUT2D eigenvalue weighted by Crippen LogP contribution is 2.45. The van der Waals surface area contributed by atoms with Crippen molar-refractivity contribution in [3.8, 4) is 0 Å². The number of hydrogen-bond acceptors (Lipinski definition) is 15. The second kappa shape index (κ2) is 73.0. The van der Waals surface area contributed by atoms with E-state index in [0.29, 0.717) is 25.7 Å². The number of phosphoric acid groups is 2. The third-order valence-corrected chi connectivity index (χ3v) is 18.1. The molecule has 3 N–H and O–H groups in total. The number of aliphatic hydroxyl groups is 1. The highest BCUT2D eigenvalue weighted by atomic mass is 31.2. The molecule has 5 atom stereocenters. The third-order valence-electron chi connectivity index (χ3n) is 16.2. The van der Waals surface area contributed by atoms with E-state index in [1.54, 1.807) is 0 Å². The number of carbonyl (C=O) groups is 4. The molecule has 0 aromatic carbocycles. The lowest BCUT2D eigenvalue weighted by Gasteiger charge is -2.21. The maximum Gasteiger partial charge on any atom is 0.472 e. The molecule has 19 heteroatoms. The molecule has 0 fully saturated rings. The number of rotatable bonds is 73. The van der Waals surface area contributed by atoms with Crippen molar-refractivity contribution >= 4 is 39.5 Å². The van der Waals surface area contributed by atoms with Crippen LogP contribution in [-0.4, -0.2) is 96.7 Å². The fourth-order valence-electron chi connectivity index (χ4n) is 10.3. The Labute approximate surface area is 607 Å². The fourth-order valence-corrected chi connectivity index (χ4v) is 11.9. The van der Waals surface area contributed by atoms with E-state index in [1.807, 2.05) is 0 Å². The molecule has 0 aromatic heterocycles. The minimum Gasteiger partial charge on any atom is -0.462 e. The van der Waals surface area contributed by atoms with E-state index >= 15 is 0 Å². The van der Waals surface area contributed by atoms with Crippen molar-refractivity contribution in [2.75, 3.05) is 39.6 Å². The Morgan fingerprint density at radius 2 is 0.540 bits per heavy atom. The molecule has 0 spiro atoms. The van der Waals surface area contributed by atoms with Crippen LogP contribution in [0.4, 0.5) is 0 Å². The minimum absolute atomic E-state index is 0.0767. The first kappa shape index (κ1) is 95.7. The number of hydrogen-bond donors (Lipinski definition) is 3. The summed E-state index contributed by atoms with van der Waals surface area (Å²) in [6, 6.07) is 0. The predicted octanol–water partition coefficient (Wildman–Crippen LogP) is 22.6. The first-order valence-electron chi connectivity index (χ1n) is 39.1. The SMILES string of the molecule is CC/C=C\C/C=C\C/C=C\C/C=C\CCCCCCC(=O)OCC(COP(=O)(O)OCC(O)COP(=O)(O)OCC(COC(=O)CCCCCCC/C=C\C/C=C\CCC)OC(=O)CCCCCCCCCCCCCCC)OC(=O)CCCCCCCCC/C=C\C/C=C\C/C=C\CC. The molecule has 0 radical (unpaired) electrons. The van der Waals surface area contributed by atoms with Crippen LogP contribution in [0.1, 0.15) is 323 Å². The second-order valence-corrected chi connectivity index (χ2v) is 28.8. The maximum atomic E-state index is 13.1. The summed E-state index contributed by atoms with van der Waals surface area (Å²) in [5.74, 6) is -2.21. The number of carbonyl (C=O) groups excluding carboxylic acids is 4. The Morgan fingerprint density at radius 3 is 0.840 bits per heavy atom. The minimum atomic E-state index is -4.98. The molecule has 0 aliphatic heterocycles. The van der Waals surface area contributed by atoms with Gasteiger partial charge in [0.2, 0.25) is 0 Å². The summed E-state index contributed by atoms with van der Waals surface area (Å²) in [6.07, 6.45) is 77.8. The van der Waals surface area contributed by atoms with Crippen LogP contribution in [0.2, 0.25) is 0 Å². The third kappa shape index (κ3) is 72.1. The van der Waals surface area contributed by atoms with Crippen LogP contribution in [0.5, 0.6) is 0 Å². The van der Waals surface area contributed by atoms with Crippen molar-refractivity contribution < 1.29 is 80.2 Å². The van der Waals surface area contributed by atoms with Crippen molar-refractivity contribution in [3.63, 3.8) is 0 Å². The number of ether oxygens (including phenoxy) is 4. The molecule has 100 heavy (non-hydrogen) atoms. The Kier molecular flexibility index (Phi) is 69.9. The first-order chi connectivity index (χ1) is 48.7. The first-order valence-corrected chi connectivity index (χ1v) is 42.1. The summed E-state index contributed by atoms with van der Waals surface area (Å²) in [6.45, 7) is 4.56. The number of phosphoric ester groups is 2. The van der Waals surface area contributed by atoms with Crippen molar-refractivity contribution in [1.29, 1.82) is 0 Å². The molecule has 17 nitrogen and oxygen atoms in total. The Bertz CT molecular complexity index is 2320. The maximum absolute atomic E-state index is 13.1. The monoisotopic (exact) mass is 1450 g/mol. The molecule has 0 heterocycles. The van der Waals surface area contributed by atoms with Gasteiger partial charge in [-0.1, -0.05) is 285 Å². The zero-order valence-corrected chi connectivity index (χ0v) is 64.6. The lowest BCUT2D eigenvalue weighted by atomic mass is 10.0. The Balaban J connectivity index is 5.38. The average molecular weight is 1450 g/mol. The van der Waals surface area contributed by atoms with Crippen LogP contribution in [0, 0.1) is 0 Å². The van der Waals surface area contributed by atoms with Gasteiger partial charge in [0.1, 0.15) is 19.3 Å². The lowest BCUT2D eigenvalue weighted by molar-refractivity contribution is -0.161. The van der Waals surface area contributed by atoms with Crippen LogP contribution in [-0.2, 0) is 65.4 Å². The van der Waals surface area contributed by atoms with E-state index in [-0.39, 0.29) is 25.7 Å². The van der Waals surface area contributed by atoms with Crippen molar-refractivity contribution in [2.24, 2.45) is 0 Å². The van der Waals surface area contributed by atoms with Gasteiger partial charge in [-0.05, 0) is 122 Å². The zero-order chi connectivity index (χ0) is 73.2. The lowest BCUT2D eigenvalue weighted by Crippen LogP contribution is -2.30. The van der Waals surface area contributed by atoms with Gasteiger partial charge >= 0.3 is 39.5 Å². The zero-order valence-electron chi connectivity index (χ0n) is 62.8. The topological polar surface area (TPSA) is 237 Å². The summed E-state index contributed by atoms with van der Waals surface area (Å²) in [5, 5.41) is 10.6. The van der Waals surface area contributed by atoms with E-state index in [2.05, 4.69) is 137 Å². The normalized spacial score (nSPS) is 14.5. The summed E-state index contributed by atoms with van der Waals surface area (Å²) in [4.78, 5) is 72.9. The Hall–Kier alpha value is -4.28. The number of allylic oxidation sites excluding steroid dienone is 18. The molecule has 0 amide bonds. The highest BCUT2D eigenvalue weighted by Gasteiger charge is 2.30. The van der Waals surface area contributed by atoms with Gasteiger partial charge < -0.3 is 33.8 Å². The molecule has 0 bridgehead atoms. The fraction of sp³-hybridized carbons (Fsp3) is 0.728. The van der Waals surface area contributed by atoms with E-state index < -0.39 is 97.5 Å². The van der Waals surface area contributed by atoms with Crippen LogP contribution in [0.15, 0.2) is 109 Å². The van der Waals surface area contributed by atoms with Crippen LogP contribution >= 0.6 is 15.6 Å². The van der Waals surface area contributed by atoms with Gasteiger partial charge in [0, 0.05) is 25.7 Å². The molecule has 0 aliphatic carbocycles. The number of aliphatic hydroxyl groups excluding tert-OH is 1. The molecular weight excluding hydrogens is 1310 g/mol. The van der Waals surface area contributed by atoms with Gasteiger partial charge in [0.25, 0.3) is 0 Å². The molecule has 0 aromatic rings. The second-order valence-electron chi connectivity index (χ2n) is 25.9. The highest BCUT2D eigenvalue weighted by molar-refractivity contribution is 7.47. The van der Waals surface area contributed by atoms with Crippen molar-refractivity contribution in [1.82, 2.24) is 0 Å². The van der Waals surface area contributed by atoms with Gasteiger partial charge in [-0.25, -0.2) is 9.13 Å². The summed E-state index contributed by atoms with van der Waals surface area (Å²) in [7, 11) is -9.96. The van der Waals surface area contributed by atoms with E-state index in [4.69, 9.17) is 37.0 Å². The van der Waals surface area contributed by atoms with Crippen molar-refractivity contribution in [3.05, 3.63) is 109 Å². The molecule has 0 saturated heterocycles. The Morgan fingerprint density at radius 1 is 0.290 bits per heavy atom. The van der Waals surface area contributed by atoms with Gasteiger partial charge in [0.05, 0.1) is 26.4 Å². The van der Waals surface area contributed by atoms with Gasteiger partial charge in [0.15, 0.2) is 12.2 Å². The van der Waals surface area contributed by atoms with E-state index in [0.717, 1.165) is 193 Å². The quantitative estimate of drug-likeness (QED) is 0.0169. The molecule has 576 valence electrons. The predicted molar refractivity (Wildman–Crippen MR) is 408 cm³/mol. The summed E-state index contributed by atoms with van der Waals surface area (Å²) < 4.78 is 68.5. The number of unbranched alkanes of at least 4 members (excludes halogenated alkanes) is 29. The average Bonchev–Trinajstić information content (AvgIpc) is 1.15. The molecular formula is C81H140O17P2. The van der Waals surface area contributed by atoms with E-state index in [9.17, 15) is 43.2 Å². The van der Waals surface area contributed by atoms with Crippen LogP contribution in [0.25, 0.3) is 0 Å². The summed E-state index contributed by atoms with van der Waals surface area (Å²) >= 11 is 0. The van der Waals surface area contributed by atoms with Crippen LogP contribution < -0.4 is 0 Å². The van der Waals surface area contributed by atoms with Crippen LogP contribution in [0.3, 0.4) is 0 Å². The van der Waals surface area contributed by atoms with Gasteiger partial charge in [-0.3, -0.25) is 37.3 Å². The molecule has 0 aliphatic rings. The smallest absolute Gasteiger partial charge is 0.462 e. The van der Waals surface area contributed by atoms with E-state index in [1.165, 1.54) is 51.4 Å². The largest absolute Gasteiger partial charge is 0.472 e.